The van der Waals surface area contributed by atoms with E-state index in [4.69, 9.17) is 0 Å². The van der Waals surface area contributed by atoms with Crippen molar-refractivity contribution in [2.75, 3.05) is 0 Å². The molecule has 26 heavy (non-hydrogen) atoms. The summed E-state index contributed by atoms with van der Waals surface area (Å²) in [5.41, 5.74) is -3.79. The zero-order chi connectivity index (χ0) is 20.3. The van der Waals surface area contributed by atoms with Crippen molar-refractivity contribution in [1.82, 2.24) is 0 Å². The molecule has 3 nitrogen and oxygen atoms in total. The number of hydrogen-bond acceptors (Lipinski definition) is 3. The molecule has 0 aromatic heterocycles. The van der Waals surface area contributed by atoms with Gasteiger partial charge in [-0.1, -0.05) is 43.4 Å². The van der Waals surface area contributed by atoms with Crippen LogP contribution in [0, 0.1) is 0 Å². The second-order valence-electron chi connectivity index (χ2n) is 7.78. The molecule has 0 amide bonds. The van der Waals surface area contributed by atoms with Crippen LogP contribution in [0.25, 0.3) is 0 Å². The number of allylic oxidation sites excluding steroid dienone is 1. The highest BCUT2D eigenvalue weighted by atomic mass is 32.2. The Bertz CT molecular complexity index is 766. The van der Waals surface area contributed by atoms with Gasteiger partial charge >= 0.3 is 15.6 Å². The van der Waals surface area contributed by atoms with Crippen LogP contribution in [0.5, 0.6) is 5.75 Å². The van der Waals surface area contributed by atoms with E-state index in [0.29, 0.717) is 23.6 Å². The van der Waals surface area contributed by atoms with Gasteiger partial charge in [-0.3, -0.25) is 0 Å². The highest BCUT2D eigenvalue weighted by molar-refractivity contribution is 7.88. The minimum atomic E-state index is -5.70. The van der Waals surface area contributed by atoms with Crippen LogP contribution < -0.4 is 9.37 Å². The van der Waals surface area contributed by atoms with E-state index in [1.165, 1.54) is 0 Å². The standard InChI is InChI=1S/C15H20F3O3SSi.2CH3.Al/c1-11(2)9-10-12-7-6-8-13(23(3,4)5)14(12)21-22(19,20)15(16,17)18;;;/h1,6-8H,9-10H2,2-5H3;2*1H3;. The predicted octanol–water partition coefficient (Wildman–Crippen LogP) is 4.63. The Kier molecular flexibility index (Phi) is 7.62. The van der Waals surface area contributed by atoms with Crippen LogP contribution in [0.15, 0.2) is 28.7 Å². The zero-order valence-corrected chi connectivity index (χ0v) is 19.0. The minimum absolute atomic E-state index is 0.140. The van der Waals surface area contributed by atoms with Crippen LogP contribution in [0.4, 0.5) is 13.2 Å². The number of benzene rings is 1. The monoisotopic (exact) mass is 422 g/mol. The highest BCUT2D eigenvalue weighted by Gasteiger charge is 2.49. The molecule has 0 radical (unpaired) electrons. The van der Waals surface area contributed by atoms with E-state index in [1.54, 1.807) is 18.2 Å². The number of aryl methyl sites for hydroxylation is 1. The lowest BCUT2D eigenvalue weighted by atomic mass is 10.1. The average Bonchev–Trinajstić information content (AvgIpc) is 2.42. The van der Waals surface area contributed by atoms with Crippen LogP contribution in [0.1, 0.15) is 18.9 Å². The SMILES string of the molecule is C/C(=[CH]\[Al]([CH3])[CH3])CCc1cccc([Si](C)(C)C)c1OS(=O)(=O)C(F)(F)F. The number of halogens is 3. The topological polar surface area (TPSA) is 43.4 Å². The second kappa shape index (κ2) is 8.51. The lowest BCUT2D eigenvalue weighted by Gasteiger charge is -2.23. The first kappa shape index (κ1) is 23.3. The molecule has 0 aliphatic rings. The quantitative estimate of drug-likeness (QED) is 0.365. The van der Waals surface area contributed by atoms with E-state index in [1.807, 2.05) is 26.6 Å². The van der Waals surface area contributed by atoms with Crippen LogP contribution in [0.2, 0.25) is 31.2 Å². The summed E-state index contributed by atoms with van der Waals surface area (Å²) in [6.07, 6.45) is 1.09. The van der Waals surface area contributed by atoms with E-state index in [0.717, 1.165) is 5.57 Å². The fourth-order valence-electron chi connectivity index (χ4n) is 2.61. The summed E-state index contributed by atoms with van der Waals surface area (Å²) >= 11 is -0.892. The van der Waals surface area contributed by atoms with Crippen LogP contribution in [-0.4, -0.2) is 36.1 Å². The molecule has 9 heteroatoms. The Morgan fingerprint density at radius 3 is 2.27 bits per heavy atom. The molecule has 146 valence electrons. The van der Waals surface area contributed by atoms with Gasteiger partial charge in [0.25, 0.3) is 14.1 Å². The molecule has 0 saturated carbocycles. The van der Waals surface area contributed by atoms with Crippen molar-refractivity contribution in [1.29, 1.82) is 0 Å². The Morgan fingerprint density at radius 1 is 1.23 bits per heavy atom. The van der Waals surface area contributed by atoms with Crippen molar-refractivity contribution in [2.24, 2.45) is 0 Å². The maximum atomic E-state index is 12.8. The molecule has 0 saturated heterocycles. The Hall–Kier alpha value is -0.751. The fraction of sp³-hybridized carbons (Fsp3) is 0.529. The van der Waals surface area contributed by atoms with Gasteiger partial charge in [0.05, 0.1) is 8.07 Å². The summed E-state index contributed by atoms with van der Waals surface area (Å²) in [4.78, 5) is 2.22. The molecule has 0 bridgehead atoms. The molecule has 0 fully saturated rings. The van der Waals surface area contributed by atoms with Gasteiger partial charge in [0.2, 0.25) is 0 Å². The Balaban J connectivity index is 3.35. The first-order valence-corrected chi connectivity index (χ1v) is 16.3. The minimum Gasteiger partial charge on any atom is -0.376 e. The largest absolute Gasteiger partial charge is 0.534 e. The third-order valence-electron chi connectivity index (χ3n) is 3.79. The molecule has 0 aliphatic carbocycles. The molecule has 0 spiro atoms. The average molecular weight is 423 g/mol. The van der Waals surface area contributed by atoms with E-state index in [2.05, 4.69) is 20.7 Å². The summed E-state index contributed by atoms with van der Waals surface area (Å²) in [5, 5.41) is 0.572. The Labute approximate surface area is 159 Å². The van der Waals surface area contributed by atoms with Gasteiger partial charge in [-0.2, -0.15) is 21.6 Å². The molecule has 0 aliphatic heterocycles. The third-order valence-corrected chi connectivity index (χ3v) is 7.99. The first-order chi connectivity index (χ1) is 11.6. The summed E-state index contributed by atoms with van der Waals surface area (Å²) < 4.78 is 66.3. The van der Waals surface area contributed by atoms with Gasteiger partial charge in [0, 0.05) is 0 Å². The fourth-order valence-corrected chi connectivity index (χ4v) is 5.99. The van der Waals surface area contributed by atoms with E-state index in [9.17, 15) is 21.6 Å². The smallest absolute Gasteiger partial charge is 0.376 e. The maximum absolute atomic E-state index is 12.8. The number of para-hydroxylation sites is 1. The van der Waals surface area contributed by atoms with Gasteiger partial charge in [-0.05, 0) is 30.5 Å². The molecule has 1 aromatic carbocycles. The predicted molar refractivity (Wildman–Crippen MR) is 105 cm³/mol. The number of alkyl halides is 3. The number of hydrogen-bond donors (Lipinski definition) is 0. The van der Waals surface area contributed by atoms with Gasteiger partial charge in [0.15, 0.2) is 0 Å². The van der Waals surface area contributed by atoms with Gasteiger partial charge in [0.1, 0.15) is 5.75 Å². The van der Waals surface area contributed by atoms with Crippen LogP contribution >= 0.6 is 0 Å². The molecule has 0 heterocycles. The summed E-state index contributed by atoms with van der Waals surface area (Å²) in [7, 11) is -7.81. The lowest BCUT2D eigenvalue weighted by Crippen LogP contribution is -2.41. The highest BCUT2D eigenvalue weighted by Crippen LogP contribution is 2.30. The first-order valence-electron chi connectivity index (χ1n) is 8.45. The van der Waals surface area contributed by atoms with Crippen LogP contribution in [0.3, 0.4) is 0 Å². The summed E-state index contributed by atoms with van der Waals surface area (Å²) in [6.45, 7) is 7.81. The van der Waals surface area contributed by atoms with Crippen molar-refractivity contribution in [3.63, 3.8) is 0 Å². The lowest BCUT2D eigenvalue weighted by molar-refractivity contribution is -0.0500. The van der Waals surface area contributed by atoms with E-state index < -0.39 is 37.8 Å². The summed E-state index contributed by atoms with van der Waals surface area (Å²) in [6, 6.07) is 5.07. The van der Waals surface area contributed by atoms with Crippen molar-refractivity contribution < 1.29 is 25.8 Å². The van der Waals surface area contributed by atoms with Crippen molar-refractivity contribution in [3.8, 4) is 5.75 Å². The van der Waals surface area contributed by atoms with Crippen LogP contribution in [-0.2, 0) is 16.5 Å². The normalized spacial score (nSPS) is 13.7. The van der Waals surface area contributed by atoms with E-state index >= 15 is 0 Å². The molecule has 0 N–H and O–H groups in total. The van der Waals surface area contributed by atoms with Crippen molar-refractivity contribution >= 4 is 37.5 Å². The summed E-state index contributed by atoms with van der Waals surface area (Å²) in [5.74, 6) is 4.22. The molecule has 0 atom stereocenters. The zero-order valence-electron chi connectivity index (χ0n) is 16.1. The molecule has 1 aromatic rings. The maximum Gasteiger partial charge on any atom is 0.534 e. The molecular weight excluding hydrogens is 396 g/mol. The van der Waals surface area contributed by atoms with Crippen molar-refractivity contribution in [2.45, 2.75) is 56.5 Å². The molecule has 1 rings (SSSR count). The molecular formula is C17H26AlF3O3SSi. The number of rotatable bonds is 7. The molecule has 0 unspecified atom stereocenters. The third kappa shape index (κ3) is 6.45. The van der Waals surface area contributed by atoms with Gasteiger partial charge < -0.3 is 4.18 Å². The van der Waals surface area contributed by atoms with Gasteiger partial charge in [-0.25, -0.2) is 0 Å². The van der Waals surface area contributed by atoms with Gasteiger partial charge in [-0.15, -0.1) is 16.5 Å². The van der Waals surface area contributed by atoms with Crippen molar-refractivity contribution in [3.05, 3.63) is 34.3 Å². The Morgan fingerprint density at radius 2 is 1.81 bits per heavy atom. The van der Waals surface area contributed by atoms with E-state index in [-0.39, 0.29) is 5.75 Å². The second-order valence-corrected chi connectivity index (χ2v) is 17.2.